The summed E-state index contributed by atoms with van der Waals surface area (Å²) in [6, 6.07) is 33.8. The number of nitrogens with zero attached hydrogens (tertiary/aromatic N) is 4. The minimum absolute atomic E-state index is 0. The van der Waals surface area contributed by atoms with Crippen molar-refractivity contribution in [3.63, 3.8) is 0 Å². The number of fused-ring (bicyclic) bond motifs is 3. The first kappa shape index (κ1) is 30.3. The van der Waals surface area contributed by atoms with Crippen LogP contribution in [-0.2, 0) is 20.1 Å². The zero-order valence-corrected chi connectivity index (χ0v) is 28.6. The third-order valence-electron chi connectivity index (χ3n) is 9.29. The van der Waals surface area contributed by atoms with Gasteiger partial charge in [-0.1, -0.05) is 53.6 Å². The molecule has 0 amide bonds. The summed E-state index contributed by atoms with van der Waals surface area (Å²) in [6.45, 7) is 6.37. The molecule has 1 unspecified atom stereocenters. The van der Waals surface area contributed by atoms with Crippen molar-refractivity contribution in [3.8, 4) is 22.6 Å². The quantitative estimate of drug-likeness (QED) is 0.168. The van der Waals surface area contributed by atoms with Crippen LogP contribution < -0.4 is 0 Å². The Morgan fingerprint density at radius 3 is 2.57 bits per heavy atom. The largest absolute Gasteiger partial charge is 0.486 e. The second-order valence-corrected chi connectivity index (χ2v) is 12.3. The Kier molecular flexibility index (Phi) is 8.18. The molecule has 5 nitrogen and oxygen atoms in total. The molecule has 0 bridgehead atoms. The number of allylic oxidation sites excluding steroid dienone is 2. The Bertz CT molecular complexity index is 2220. The van der Waals surface area contributed by atoms with E-state index in [0.29, 0.717) is 17.7 Å². The van der Waals surface area contributed by atoms with E-state index in [9.17, 15) is 0 Å². The predicted molar refractivity (Wildman–Crippen MR) is 182 cm³/mol. The summed E-state index contributed by atoms with van der Waals surface area (Å²) in [5.74, 6) is 1.67. The van der Waals surface area contributed by atoms with E-state index in [-0.39, 0.29) is 20.1 Å². The third-order valence-corrected chi connectivity index (χ3v) is 9.29. The third kappa shape index (κ3) is 5.30. The molecule has 0 saturated heterocycles. The predicted octanol–water partition coefficient (Wildman–Crippen LogP) is 10.3. The van der Waals surface area contributed by atoms with Gasteiger partial charge in [0, 0.05) is 49.0 Å². The molecule has 6 heteroatoms. The number of hydrogen-bond acceptors (Lipinski definition) is 4. The Morgan fingerprint density at radius 2 is 1.74 bits per heavy atom. The van der Waals surface area contributed by atoms with Crippen molar-refractivity contribution in [2.24, 2.45) is 0 Å². The van der Waals surface area contributed by atoms with E-state index < -0.39 is 0 Å². The summed E-state index contributed by atoms with van der Waals surface area (Å²) in [4.78, 5) is 14.0. The Hall–Kier alpha value is -4.38. The van der Waals surface area contributed by atoms with Gasteiger partial charge in [0.05, 0.1) is 22.4 Å². The van der Waals surface area contributed by atoms with Crippen molar-refractivity contribution in [3.05, 3.63) is 120 Å². The maximum Gasteiger partial charge on any atom is 0.216 e. The van der Waals surface area contributed by atoms with Crippen molar-refractivity contribution >= 4 is 38.7 Å². The molecule has 3 aromatic carbocycles. The normalized spacial score (nSPS) is 15.9. The van der Waals surface area contributed by atoms with Crippen molar-refractivity contribution in [2.45, 2.75) is 58.4 Å². The van der Waals surface area contributed by atoms with Crippen molar-refractivity contribution in [1.82, 2.24) is 19.5 Å². The van der Waals surface area contributed by atoms with E-state index in [4.69, 9.17) is 9.40 Å². The summed E-state index contributed by atoms with van der Waals surface area (Å²) in [6.07, 6.45) is 9.45. The number of furan rings is 1. The van der Waals surface area contributed by atoms with Crippen LogP contribution in [-0.4, -0.2) is 19.5 Å². The van der Waals surface area contributed by atoms with E-state index in [1.165, 1.54) is 47.9 Å². The molecule has 46 heavy (non-hydrogen) atoms. The zero-order chi connectivity index (χ0) is 30.5. The summed E-state index contributed by atoms with van der Waals surface area (Å²) in [5, 5.41) is 2.12. The minimum atomic E-state index is 0. The van der Waals surface area contributed by atoms with Crippen LogP contribution in [0.5, 0.6) is 0 Å². The molecule has 0 spiro atoms. The maximum absolute atomic E-state index is 6.10. The van der Waals surface area contributed by atoms with Crippen LogP contribution in [0.3, 0.4) is 0 Å². The number of aromatic nitrogens is 4. The number of hydrogen-bond donors (Lipinski definition) is 0. The standard InChI is InChI=1S/C22H19N2O.C18H15N2.Ir/c1-14-9-10-18-17-7-4-8-19(21(17)25-22(18)24-14)20-13-16(11-12-23-20)15-5-2-3-6-15;1-12-11-13(2)20-17-15(12)9-6-10-16(17)19-18(20)14-7-4-3-5-8-14;/h4,7,9-13,15H,2-3,5-6H2,1H3;3-7,9-11,13H,1-2H3;/q2*-1;. The minimum Gasteiger partial charge on any atom is -0.486 e. The molecule has 7 aromatic rings. The van der Waals surface area contributed by atoms with E-state index >= 15 is 0 Å². The first-order chi connectivity index (χ1) is 22.0. The molecule has 1 aliphatic heterocycles. The van der Waals surface area contributed by atoms with Gasteiger partial charge in [0.2, 0.25) is 5.71 Å². The molecule has 9 rings (SSSR count). The maximum atomic E-state index is 6.10. The van der Waals surface area contributed by atoms with Crippen LogP contribution >= 0.6 is 0 Å². The molecule has 0 N–H and O–H groups in total. The summed E-state index contributed by atoms with van der Waals surface area (Å²) >= 11 is 0. The molecule has 5 heterocycles. The first-order valence-electron chi connectivity index (χ1n) is 15.9. The number of aryl methyl sites for hydroxylation is 1. The van der Waals surface area contributed by atoms with Gasteiger partial charge in [-0.15, -0.1) is 54.1 Å². The Balaban J connectivity index is 0.000000147. The second kappa shape index (κ2) is 12.4. The molecule has 1 atom stereocenters. The van der Waals surface area contributed by atoms with Crippen molar-refractivity contribution < 1.29 is 24.5 Å². The van der Waals surface area contributed by atoms with Gasteiger partial charge in [-0.2, -0.15) is 0 Å². The van der Waals surface area contributed by atoms with Crippen LogP contribution in [0.15, 0.2) is 95.6 Å². The van der Waals surface area contributed by atoms with Crippen molar-refractivity contribution in [1.29, 1.82) is 0 Å². The molecular weight excluding hydrogens is 745 g/mol. The fourth-order valence-corrected chi connectivity index (χ4v) is 7.11. The van der Waals surface area contributed by atoms with Gasteiger partial charge in [-0.3, -0.25) is 4.98 Å². The topological polar surface area (TPSA) is 56.7 Å². The van der Waals surface area contributed by atoms with Crippen LogP contribution in [0.2, 0.25) is 0 Å². The van der Waals surface area contributed by atoms with E-state index in [2.05, 4.69) is 89.1 Å². The fraction of sp³-hybridized carbons (Fsp3) is 0.225. The molecule has 1 aliphatic carbocycles. The van der Waals surface area contributed by atoms with Gasteiger partial charge < -0.3 is 14.0 Å². The van der Waals surface area contributed by atoms with Gasteiger partial charge in [0.1, 0.15) is 0 Å². The molecule has 1 saturated carbocycles. The monoisotopic (exact) mass is 779 g/mol. The van der Waals surface area contributed by atoms with Gasteiger partial charge in [-0.25, -0.2) is 4.98 Å². The first-order valence-corrected chi connectivity index (χ1v) is 15.9. The number of imidazole rings is 1. The van der Waals surface area contributed by atoms with Gasteiger partial charge >= 0.3 is 0 Å². The summed E-state index contributed by atoms with van der Waals surface area (Å²) in [5.41, 5.74) is 11.7. The fourth-order valence-electron chi connectivity index (χ4n) is 7.11. The molecule has 1 fully saturated rings. The molecule has 2 aliphatic rings. The molecule has 4 aromatic heterocycles. The van der Waals surface area contributed by atoms with Gasteiger partial charge in [0.15, 0.2) is 0 Å². The average molecular weight is 779 g/mol. The summed E-state index contributed by atoms with van der Waals surface area (Å²) < 4.78 is 8.42. The smallest absolute Gasteiger partial charge is 0.216 e. The summed E-state index contributed by atoms with van der Waals surface area (Å²) in [7, 11) is 0. The van der Waals surface area contributed by atoms with Crippen LogP contribution in [0, 0.1) is 19.1 Å². The average Bonchev–Trinajstić information content (AvgIpc) is 3.82. The van der Waals surface area contributed by atoms with Crippen molar-refractivity contribution in [2.75, 3.05) is 0 Å². The van der Waals surface area contributed by atoms with Crippen LogP contribution in [0.25, 0.3) is 61.3 Å². The van der Waals surface area contributed by atoms with Crippen LogP contribution in [0.1, 0.15) is 68.3 Å². The number of benzene rings is 3. The van der Waals surface area contributed by atoms with E-state index in [1.807, 2.05) is 49.5 Å². The Labute approximate surface area is 282 Å². The van der Waals surface area contributed by atoms with Gasteiger partial charge in [-0.05, 0) is 75.1 Å². The van der Waals surface area contributed by atoms with E-state index in [1.54, 1.807) is 0 Å². The Morgan fingerprint density at radius 1 is 0.870 bits per heavy atom. The molecular formula is C40H34IrN4O-2. The van der Waals surface area contributed by atoms with E-state index in [0.717, 1.165) is 50.2 Å². The number of para-hydroxylation sites is 1. The van der Waals surface area contributed by atoms with Gasteiger partial charge in [0.25, 0.3) is 0 Å². The second-order valence-electron chi connectivity index (χ2n) is 12.3. The number of pyridine rings is 2. The zero-order valence-electron chi connectivity index (χ0n) is 26.2. The van der Waals surface area contributed by atoms with Crippen LogP contribution in [0.4, 0.5) is 0 Å². The molecule has 1 radical (unpaired) electrons. The SMILES string of the molecule is CC1=CC(C)n2c(-c3[c-]cccc3)nc3cccc1c32.Cc1ccc2c(n1)oc1c(-c3cc(C4CCCC4)ccn3)[c-]ccc12.[Ir]. The molecule has 231 valence electrons. The number of rotatable bonds is 3.